The van der Waals surface area contributed by atoms with Gasteiger partial charge in [-0.1, -0.05) is 0 Å². The van der Waals surface area contributed by atoms with Crippen LogP contribution in [-0.2, 0) is 4.79 Å². The zero-order valence-electron chi connectivity index (χ0n) is 14.4. The summed E-state index contributed by atoms with van der Waals surface area (Å²) >= 11 is 1.38. The Morgan fingerprint density at radius 2 is 2.11 bits per heavy atom. The molecule has 3 aliphatic rings. The second-order valence-corrected chi connectivity index (χ2v) is 7.65. The smallest absolute Gasteiger partial charge is 0.421 e. The molecule has 28 heavy (non-hydrogen) atoms. The van der Waals surface area contributed by atoms with E-state index in [-0.39, 0.29) is 11.4 Å². The van der Waals surface area contributed by atoms with Crippen molar-refractivity contribution in [2.75, 3.05) is 18.0 Å². The van der Waals surface area contributed by atoms with Crippen molar-refractivity contribution in [3.63, 3.8) is 0 Å². The van der Waals surface area contributed by atoms with E-state index in [2.05, 4.69) is 25.1 Å². The van der Waals surface area contributed by atoms with E-state index in [1.54, 1.807) is 17.6 Å². The van der Waals surface area contributed by atoms with Gasteiger partial charge in [-0.25, -0.2) is 9.50 Å². The summed E-state index contributed by atoms with van der Waals surface area (Å²) < 4.78 is 33.5. The van der Waals surface area contributed by atoms with Crippen molar-refractivity contribution in [2.45, 2.75) is 24.6 Å². The maximum Gasteiger partial charge on any atom is 0.482 e. The number of alkyl halides is 2. The highest BCUT2D eigenvalue weighted by Crippen LogP contribution is 2.33. The number of piperazine rings is 1. The summed E-state index contributed by atoms with van der Waals surface area (Å²) in [5.41, 5.74) is 5.38. The average molecular weight is 407 g/mol. The maximum atomic E-state index is 13.8. The van der Waals surface area contributed by atoms with Gasteiger partial charge in [0.2, 0.25) is 11.6 Å². The molecule has 9 nitrogen and oxygen atoms in total. The maximum absolute atomic E-state index is 13.8. The van der Waals surface area contributed by atoms with Gasteiger partial charge in [0.25, 0.3) is 0 Å². The van der Waals surface area contributed by atoms with Gasteiger partial charge in [-0.05, 0) is 18.6 Å². The quantitative estimate of drug-likeness (QED) is 0.645. The van der Waals surface area contributed by atoms with E-state index >= 15 is 0 Å². The fourth-order valence-corrected chi connectivity index (χ4v) is 4.17. The largest absolute Gasteiger partial charge is 0.482 e. The second-order valence-electron chi connectivity index (χ2n) is 6.75. The van der Waals surface area contributed by atoms with Gasteiger partial charge in [0.15, 0.2) is 5.75 Å². The topological polar surface area (TPSA) is 111 Å². The number of amides is 1. The number of primary amides is 1. The molecule has 2 unspecified atom stereocenters. The molecule has 0 radical (unpaired) electrons. The lowest BCUT2D eigenvalue weighted by Gasteiger charge is -2.47. The van der Waals surface area contributed by atoms with Crippen LogP contribution in [0.3, 0.4) is 0 Å². The third-order valence-corrected chi connectivity index (χ3v) is 5.61. The minimum absolute atomic E-state index is 0.0656. The number of anilines is 1. The van der Waals surface area contributed by atoms with E-state index in [4.69, 9.17) is 5.73 Å². The van der Waals surface area contributed by atoms with Crippen molar-refractivity contribution in [2.24, 2.45) is 5.73 Å². The summed E-state index contributed by atoms with van der Waals surface area (Å²) in [5, 5.41) is 10.4. The molecule has 2 atom stereocenters. The lowest BCUT2D eigenvalue weighted by atomic mass is 9.92. The number of piperidine rings is 1. The molecule has 2 bridgehead atoms. The fraction of sp³-hybridized carbons (Fsp3) is 0.375. The van der Waals surface area contributed by atoms with Gasteiger partial charge >= 0.3 is 12.0 Å². The first-order valence-corrected chi connectivity index (χ1v) is 9.46. The van der Waals surface area contributed by atoms with E-state index in [9.17, 15) is 13.6 Å². The number of thiazole rings is 1. The summed E-state index contributed by atoms with van der Waals surface area (Å²) in [6, 6.07) is 3.61. The lowest BCUT2D eigenvalue weighted by molar-refractivity contribution is -0.189. The predicted octanol–water partition coefficient (Wildman–Crippen LogP) is 0.860. The first kappa shape index (κ1) is 17.3. The first-order valence-electron chi connectivity index (χ1n) is 8.58. The Hall–Kier alpha value is -2.86. The number of hydrogen-bond acceptors (Lipinski definition) is 8. The highest BCUT2D eigenvalue weighted by molar-refractivity contribution is 7.13. The van der Waals surface area contributed by atoms with Crippen LogP contribution in [0.5, 0.6) is 5.75 Å². The lowest BCUT2D eigenvalue weighted by Crippen LogP contribution is -2.67. The molecular weight excluding hydrogens is 392 g/mol. The number of nitrogens with two attached hydrogens (primary N) is 1. The van der Waals surface area contributed by atoms with E-state index < -0.39 is 12.0 Å². The molecule has 3 aromatic rings. The minimum atomic E-state index is -4.16. The van der Waals surface area contributed by atoms with Crippen LogP contribution in [0.2, 0.25) is 0 Å². The van der Waals surface area contributed by atoms with Crippen LogP contribution in [-0.4, -0.2) is 56.8 Å². The van der Waals surface area contributed by atoms with Gasteiger partial charge in [-0.2, -0.15) is 13.8 Å². The van der Waals surface area contributed by atoms with Crippen LogP contribution >= 0.6 is 11.3 Å². The predicted molar refractivity (Wildman–Crippen MR) is 96.4 cm³/mol. The number of nitrogens with one attached hydrogen (secondary N) is 1. The number of nitrogens with zero attached hydrogens (tertiary/aromatic N) is 5. The monoisotopic (exact) mass is 407 g/mol. The van der Waals surface area contributed by atoms with Crippen LogP contribution in [0, 0.1) is 0 Å². The molecule has 0 aromatic carbocycles. The Labute approximate surface area is 161 Å². The molecular formula is C16H15F2N7O2S. The second kappa shape index (κ2) is 6.07. The molecule has 6 heterocycles. The van der Waals surface area contributed by atoms with E-state index in [1.807, 2.05) is 4.90 Å². The molecule has 3 fully saturated rings. The number of fused-ring (bicyclic) bond motifs is 3. The van der Waals surface area contributed by atoms with Crippen LogP contribution in [0.4, 0.5) is 14.7 Å². The summed E-state index contributed by atoms with van der Waals surface area (Å²) in [7, 11) is 0. The zero-order valence-corrected chi connectivity index (χ0v) is 15.2. The SMILES string of the molecule is NC(=O)C(F)(F)Oc1ccc(-c2nccs2)n2nc(N3CC4CC(C3)N4)nc12. The van der Waals surface area contributed by atoms with Crippen LogP contribution in [0.1, 0.15) is 6.42 Å². The first-order chi connectivity index (χ1) is 13.4. The van der Waals surface area contributed by atoms with Crippen molar-refractivity contribution >= 4 is 28.8 Å². The van der Waals surface area contributed by atoms with Crippen LogP contribution in [0.25, 0.3) is 16.3 Å². The van der Waals surface area contributed by atoms with E-state index in [0.717, 1.165) is 19.5 Å². The third kappa shape index (κ3) is 2.76. The van der Waals surface area contributed by atoms with Gasteiger partial charge < -0.3 is 20.7 Å². The Kier molecular flexibility index (Phi) is 3.74. The van der Waals surface area contributed by atoms with Gasteiger partial charge in [0.1, 0.15) is 10.7 Å². The number of carbonyl (C=O) groups excluding carboxylic acids is 1. The molecule has 1 amide bonds. The minimum Gasteiger partial charge on any atom is -0.421 e. The number of aromatic nitrogens is 4. The highest BCUT2D eigenvalue weighted by Gasteiger charge is 2.41. The van der Waals surface area contributed by atoms with Gasteiger partial charge in [-0.15, -0.1) is 16.4 Å². The van der Waals surface area contributed by atoms with E-state index in [0.29, 0.717) is 28.7 Å². The van der Waals surface area contributed by atoms with Crippen molar-refractivity contribution in [3.8, 4) is 16.5 Å². The van der Waals surface area contributed by atoms with E-state index in [1.165, 1.54) is 21.9 Å². The molecule has 12 heteroatoms. The fourth-order valence-electron chi connectivity index (χ4n) is 3.52. The third-order valence-electron chi connectivity index (χ3n) is 4.82. The van der Waals surface area contributed by atoms with Gasteiger partial charge in [0, 0.05) is 36.8 Å². The molecule has 6 rings (SSSR count). The molecule has 3 aliphatic heterocycles. The number of carbonyl (C=O) groups is 1. The summed E-state index contributed by atoms with van der Waals surface area (Å²) in [6.07, 6.45) is -1.42. The number of hydrogen-bond donors (Lipinski definition) is 2. The van der Waals surface area contributed by atoms with Crippen molar-refractivity contribution in [1.82, 2.24) is 24.9 Å². The van der Waals surface area contributed by atoms with Crippen molar-refractivity contribution in [1.29, 1.82) is 0 Å². The van der Waals surface area contributed by atoms with Crippen molar-refractivity contribution in [3.05, 3.63) is 23.7 Å². The number of halogens is 2. The molecule has 0 spiro atoms. The Morgan fingerprint density at radius 3 is 2.75 bits per heavy atom. The highest BCUT2D eigenvalue weighted by atomic mass is 32.1. The Morgan fingerprint density at radius 1 is 1.36 bits per heavy atom. The number of rotatable bonds is 5. The summed E-state index contributed by atoms with van der Waals surface area (Å²) in [5.74, 6) is -1.76. The average Bonchev–Trinajstić information content (AvgIpc) is 3.31. The molecule has 3 N–H and O–H groups in total. The number of pyridine rings is 1. The normalized spacial score (nSPS) is 21.6. The molecule has 0 aliphatic carbocycles. The molecule has 3 saturated heterocycles. The standard InChI is InChI=1S/C16H15F2N7O2S/c17-16(18,14(19)26)27-11-2-1-10(13-20-3-4-28-13)25-12(11)22-15(23-25)24-6-8-5-9(7-24)21-8/h1-4,8-9,21H,5-7H2,(H2,19,26). The Bertz CT molecular complexity index is 1040. The molecule has 0 saturated carbocycles. The summed E-state index contributed by atoms with van der Waals surface area (Å²) in [6.45, 7) is 1.46. The molecule has 3 aromatic heterocycles. The van der Waals surface area contributed by atoms with Gasteiger partial charge in [-0.3, -0.25) is 4.79 Å². The van der Waals surface area contributed by atoms with Crippen LogP contribution in [0.15, 0.2) is 23.7 Å². The Balaban J connectivity index is 1.61. The summed E-state index contributed by atoms with van der Waals surface area (Å²) in [4.78, 5) is 21.7. The van der Waals surface area contributed by atoms with Gasteiger partial charge in [0.05, 0.1) is 0 Å². The van der Waals surface area contributed by atoms with Crippen molar-refractivity contribution < 1.29 is 18.3 Å². The molecule has 146 valence electrons. The zero-order chi connectivity index (χ0) is 19.5. The van der Waals surface area contributed by atoms with Crippen LogP contribution < -0.4 is 20.7 Å². The number of ether oxygens (including phenoxy) is 1.